The highest BCUT2D eigenvalue weighted by atomic mass is 19.3. The molecule has 0 unspecified atom stereocenters. The van der Waals surface area contributed by atoms with Crippen LogP contribution in [0.25, 0.3) is 22.4 Å². The number of carbonyl (C=O) groups is 1. The minimum absolute atomic E-state index is 0.0323. The van der Waals surface area contributed by atoms with Crippen LogP contribution in [0.3, 0.4) is 0 Å². The molecule has 5 rings (SSSR count). The van der Waals surface area contributed by atoms with Crippen LogP contribution >= 0.6 is 0 Å². The fourth-order valence-electron chi connectivity index (χ4n) is 3.65. The first-order valence-electron chi connectivity index (χ1n) is 10.8. The number of hydrogen-bond acceptors (Lipinski definition) is 6. The molecule has 0 bridgehead atoms. The van der Waals surface area contributed by atoms with Crippen LogP contribution in [0.2, 0.25) is 0 Å². The molecule has 0 aliphatic heterocycles. The van der Waals surface area contributed by atoms with E-state index in [-0.39, 0.29) is 28.8 Å². The number of aromatic amines is 1. The van der Waals surface area contributed by atoms with E-state index in [1.165, 1.54) is 0 Å². The summed E-state index contributed by atoms with van der Waals surface area (Å²) in [6, 6.07) is 9.09. The van der Waals surface area contributed by atoms with Gasteiger partial charge in [0.15, 0.2) is 11.5 Å². The summed E-state index contributed by atoms with van der Waals surface area (Å²) in [5, 5.41) is 10.5. The minimum Gasteiger partial charge on any atom is -0.495 e. The molecule has 4 aromatic rings. The lowest BCUT2D eigenvalue weighted by Crippen LogP contribution is -2.14. The van der Waals surface area contributed by atoms with E-state index < -0.39 is 12.2 Å². The number of nitrogens with zero attached hydrogens (tertiary/aromatic N) is 4. The molecule has 0 saturated heterocycles. The maximum Gasteiger partial charge on any atom is 0.295 e. The predicted molar refractivity (Wildman–Crippen MR) is 123 cm³/mol. The third kappa shape index (κ3) is 4.16. The van der Waals surface area contributed by atoms with Crippen molar-refractivity contribution in [3.8, 4) is 17.0 Å². The van der Waals surface area contributed by atoms with E-state index in [1.807, 2.05) is 38.2 Å². The van der Waals surface area contributed by atoms with Gasteiger partial charge in [0.2, 0.25) is 5.91 Å². The summed E-state index contributed by atoms with van der Waals surface area (Å²) < 4.78 is 34.0. The number of aromatic nitrogens is 5. The van der Waals surface area contributed by atoms with Gasteiger partial charge in [0.25, 0.3) is 6.43 Å². The van der Waals surface area contributed by atoms with Crippen molar-refractivity contribution in [3.63, 3.8) is 0 Å². The average molecular weight is 467 g/mol. The molecule has 1 fully saturated rings. The summed E-state index contributed by atoms with van der Waals surface area (Å²) in [5.41, 5.74) is 4.05. The first-order chi connectivity index (χ1) is 16.3. The Morgan fingerprint density at radius 2 is 2.00 bits per heavy atom. The van der Waals surface area contributed by atoms with Gasteiger partial charge in [-0.05, 0) is 38.0 Å². The lowest BCUT2D eigenvalue weighted by Gasteiger charge is -2.14. The number of ether oxygens (including phenoxy) is 1. The van der Waals surface area contributed by atoms with Gasteiger partial charge in [0, 0.05) is 30.3 Å². The topological polar surface area (TPSA) is 110 Å². The molecular weight excluding hydrogens is 444 g/mol. The van der Waals surface area contributed by atoms with Crippen LogP contribution in [-0.2, 0) is 11.8 Å². The zero-order chi connectivity index (χ0) is 24.0. The van der Waals surface area contributed by atoms with Crippen LogP contribution in [0, 0.1) is 12.8 Å². The Hall–Kier alpha value is -4.02. The van der Waals surface area contributed by atoms with Gasteiger partial charge in [-0.15, -0.1) is 0 Å². The van der Waals surface area contributed by atoms with Crippen molar-refractivity contribution in [1.82, 2.24) is 24.7 Å². The molecular formula is C23H23F2N7O2. The Bertz CT molecular complexity index is 1370. The standard InChI is InChI=1S/C23H23F2N7O2/c1-11-8-15(31-32(11)2)13-6-7-14(17(9-13)34-3)26-16-10-18(28-23(33)12-4-5-12)27-21-19(16)29-22(30-21)20(24)25/h6-10,12,20H,4-5H2,1-3H3,(H3,26,27,28,29,30,33). The Kier molecular flexibility index (Phi) is 5.39. The van der Waals surface area contributed by atoms with Gasteiger partial charge >= 0.3 is 0 Å². The smallest absolute Gasteiger partial charge is 0.295 e. The number of imidazole rings is 1. The van der Waals surface area contributed by atoms with Crippen molar-refractivity contribution in [1.29, 1.82) is 0 Å². The monoisotopic (exact) mass is 467 g/mol. The van der Waals surface area contributed by atoms with E-state index in [4.69, 9.17) is 4.74 Å². The summed E-state index contributed by atoms with van der Waals surface area (Å²) >= 11 is 0. The number of rotatable bonds is 7. The van der Waals surface area contributed by atoms with E-state index in [0.29, 0.717) is 17.1 Å². The number of fused-ring (bicyclic) bond motifs is 1. The molecule has 3 heterocycles. The number of nitrogens with one attached hydrogen (secondary N) is 3. The van der Waals surface area contributed by atoms with Crippen LogP contribution in [0.4, 0.5) is 26.0 Å². The van der Waals surface area contributed by atoms with Gasteiger partial charge in [0.1, 0.15) is 17.1 Å². The number of methoxy groups -OCH3 is 1. The number of benzene rings is 1. The molecule has 1 saturated carbocycles. The number of anilines is 3. The van der Waals surface area contributed by atoms with Crippen molar-refractivity contribution in [2.45, 2.75) is 26.2 Å². The quantitative estimate of drug-likeness (QED) is 0.363. The fourth-order valence-corrected chi connectivity index (χ4v) is 3.65. The van der Waals surface area contributed by atoms with E-state index in [9.17, 15) is 13.6 Å². The third-order valence-electron chi connectivity index (χ3n) is 5.76. The van der Waals surface area contributed by atoms with E-state index in [1.54, 1.807) is 17.9 Å². The van der Waals surface area contributed by atoms with E-state index in [0.717, 1.165) is 29.8 Å². The third-order valence-corrected chi connectivity index (χ3v) is 5.76. The van der Waals surface area contributed by atoms with E-state index in [2.05, 4.69) is 30.7 Å². The molecule has 34 heavy (non-hydrogen) atoms. The predicted octanol–water partition coefficient (Wildman–Crippen LogP) is 4.71. The van der Waals surface area contributed by atoms with E-state index >= 15 is 0 Å². The number of hydrogen-bond donors (Lipinski definition) is 3. The Balaban J connectivity index is 1.53. The second kappa shape index (κ2) is 8.40. The lowest BCUT2D eigenvalue weighted by molar-refractivity contribution is -0.117. The van der Waals surface area contributed by atoms with Crippen molar-refractivity contribution in [2.75, 3.05) is 17.7 Å². The molecule has 1 aliphatic rings. The Morgan fingerprint density at radius 3 is 2.65 bits per heavy atom. The Morgan fingerprint density at radius 1 is 1.21 bits per heavy atom. The summed E-state index contributed by atoms with van der Waals surface area (Å²) in [7, 11) is 3.42. The Labute approximate surface area is 193 Å². The number of alkyl halides is 2. The zero-order valence-corrected chi connectivity index (χ0v) is 18.8. The average Bonchev–Trinajstić information content (AvgIpc) is 3.49. The first kappa shape index (κ1) is 21.8. The van der Waals surface area contributed by atoms with Crippen LogP contribution < -0.4 is 15.4 Å². The molecule has 0 atom stereocenters. The molecule has 0 spiro atoms. The van der Waals surface area contributed by atoms with Crippen molar-refractivity contribution in [2.24, 2.45) is 13.0 Å². The molecule has 1 aromatic carbocycles. The maximum atomic E-state index is 13.3. The molecule has 3 aromatic heterocycles. The van der Waals surface area contributed by atoms with Gasteiger partial charge in [-0.2, -0.15) is 5.10 Å². The highest BCUT2D eigenvalue weighted by Gasteiger charge is 2.30. The van der Waals surface area contributed by atoms with Gasteiger partial charge in [-0.3, -0.25) is 9.48 Å². The second-order valence-electron chi connectivity index (χ2n) is 8.27. The molecule has 9 nitrogen and oxygen atoms in total. The summed E-state index contributed by atoms with van der Waals surface area (Å²) in [6.45, 7) is 1.97. The molecule has 0 radical (unpaired) electrons. The summed E-state index contributed by atoms with van der Waals surface area (Å²) in [6.07, 6.45) is -1.13. The molecule has 11 heteroatoms. The van der Waals surface area contributed by atoms with Crippen molar-refractivity contribution >= 4 is 34.3 Å². The van der Waals surface area contributed by atoms with Gasteiger partial charge in [0.05, 0.1) is 24.2 Å². The molecule has 176 valence electrons. The maximum absolute atomic E-state index is 13.3. The number of halogens is 2. The van der Waals surface area contributed by atoms with Crippen LogP contribution in [0.15, 0.2) is 30.3 Å². The SMILES string of the molecule is COc1cc(-c2cc(C)n(C)n2)ccc1Nc1cc(NC(=O)C2CC2)nc2[nH]c(C(F)F)nc12. The highest BCUT2D eigenvalue weighted by molar-refractivity contribution is 5.97. The molecule has 1 aliphatic carbocycles. The van der Waals surface area contributed by atoms with Crippen LogP contribution in [0.5, 0.6) is 5.75 Å². The second-order valence-corrected chi connectivity index (χ2v) is 8.27. The number of aryl methyl sites for hydroxylation is 2. The summed E-state index contributed by atoms with van der Waals surface area (Å²) in [4.78, 5) is 23.1. The van der Waals surface area contributed by atoms with Gasteiger partial charge < -0.3 is 20.4 Å². The van der Waals surface area contributed by atoms with Crippen LogP contribution in [0.1, 0.15) is 30.8 Å². The van der Waals surface area contributed by atoms with Crippen LogP contribution in [-0.4, -0.2) is 37.7 Å². The number of H-pyrrole nitrogens is 1. The van der Waals surface area contributed by atoms with Gasteiger partial charge in [-0.25, -0.2) is 18.7 Å². The fraction of sp³-hybridized carbons (Fsp3) is 0.304. The minimum atomic E-state index is -2.79. The lowest BCUT2D eigenvalue weighted by atomic mass is 10.1. The number of carbonyl (C=O) groups excluding carboxylic acids is 1. The highest BCUT2D eigenvalue weighted by Crippen LogP contribution is 2.36. The molecule has 1 amide bonds. The van der Waals surface area contributed by atoms with Crippen molar-refractivity contribution < 1.29 is 18.3 Å². The molecule has 3 N–H and O–H groups in total. The zero-order valence-electron chi connectivity index (χ0n) is 18.8. The van der Waals surface area contributed by atoms with Gasteiger partial charge in [-0.1, -0.05) is 6.07 Å². The summed E-state index contributed by atoms with van der Waals surface area (Å²) in [5.74, 6) is 0.105. The normalized spacial score (nSPS) is 13.5. The first-order valence-corrected chi connectivity index (χ1v) is 10.8. The number of pyridine rings is 1. The van der Waals surface area contributed by atoms with Crippen molar-refractivity contribution in [3.05, 3.63) is 41.9 Å². The largest absolute Gasteiger partial charge is 0.495 e. The number of amides is 1.